The van der Waals surface area contributed by atoms with Gasteiger partial charge in [0.1, 0.15) is 10.3 Å². The Balaban J connectivity index is 0.000000179. The van der Waals surface area contributed by atoms with Crippen LogP contribution in [0.5, 0.6) is 0 Å². The molecule has 5 N–H and O–H groups in total. The molecule has 0 saturated carbocycles. The Bertz CT molecular complexity index is 4000. The first kappa shape index (κ1) is 63.5. The maximum absolute atomic E-state index is 13.4. The second-order valence-corrected chi connectivity index (χ2v) is 35.4. The molecule has 0 saturated heterocycles. The van der Waals surface area contributed by atoms with E-state index < -0.39 is 40.2 Å². The maximum Gasteiger partial charge on any atom is 0.379 e. The van der Waals surface area contributed by atoms with E-state index in [0.29, 0.717) is 43.2 Å². The molecule has 1 aliphatic heterocycles. The highest BCUT2D eigenvalue weighted by Gasteiger charge is 2.42. The van der Waals surface area contributed by atoms with Crippen molar-refractivity contribution in [2.45, 2.75) is 129 Å². The molecule has 11 rings (SSSR count). The number of methoxy groups -OCH3 is 1. The lowest BCUT2D eigenvalue weighted by atomic mass is 9.95. The molecule has 442 valence electrons. The monoisotopic (exact) mass is 1250 g/mol. The smallest absolute Gasteiger partial charge is 0.379 e. The lowest BCUT2D eigenvalue weighted by Crippen LogP contribution is -2.43. The molecule has 0 radical (unpaired) electrons. The van der Waals surface area contributed by atoms with Crippen molar-refractivity contribution in [2.24, 2.45) is 5.73 Å². The number of fused-ring (bicyclic) bond motifs is 4. The molecule has 84 heavy (non-hydrogen) atoms. The Labute approximate surface area is 511 Å². The number of ketones is 1. The highest BCUT2D eigenvalue weighted by molar-refractivity contribution is 6.74. The van der Waals surface area contributed by atoms with Gasteiger partial charge in [-0.15, -0.1) is 0 Å². The number of benzene rings is 4. The summed E-state index contributed by atoms with van der Waals surface area (Å²) in [5, 5.41) is 7.51. The highest BCUT2D eigenvalue weighted by atomic mass is 35.5. The van der Waals surface area contributed by atoms with Gasteiger partial charge in [-0.2, -0.15) is 0 Å². The number of Topliss-reactive ketones (excluding diaryl/α,β-unsaturated/α-hetero) is 1. The summed E-state index contributed by atoms with van der Waals surface area (Å²) >= 11 is 24.5. The number of imide groups is 1. The lowest BCUT2D eigenvalue weighted by Gasteiger charge is -2.38. The number of ether oxygens (including phenoxy) is 1. The van der Waals surface area contributed by atoms with Crippen LogP contribution in [0.15, 0.2) is 122 Å². The zero-order valence-electron chi connectivity index (χ0n) is 48.2. The third-order valence-electron chi connectivity index (χ3n) is 16.7. The van der Waals surface area contributed by atoms with E-state index in [1.807, 2.05) is 48.7 Å². The summed E-state index contributed by atoms with van der Waals surface area (Å²) in [4.78, 5) is 66.9. The first-order valence-corrected chi connectivity index (χ1v) is 34.7. The molecule has 4 atom stereocenters. The Hall–Kier alpha value is -6.48. The molecule has 14 nitrogen and oxygen atoms in total. The molecule has 3 aliphatic rings. The van der Waals surface area contributed by atoms with E-state index in [0.717, 1.165) is 52.7 Å². The average molecular weight is 1250 g/mol. The van der Waals surface area contributed by atoms with E-state index in [1.54, 1.807) is 30.3 Å². The number of primary amides is 1. The van der Waals surface area contributed by atoms with Gasteiger partial charge < -0.3 is 38.4 Å². The van der Waals surface area contributed by atoms with Crippen molar-refractivity contribution < 1.29 is 37.6 Å². The number of rotatable bonds is 12. The maximum atomic E-state index is 13.4. The van der Waals surface area contributed by atoms with Gasteiger partial charge in [-0.05, 0) is 78.2 Å². The Morgan fingerprint density at radius 2 is 1.11 bits per heavy atom. The van der Waals surface area contributed by atoms with Gasteiger partial charge in [0.15, 0.2) is 16.6 Å². The first-order valence-electron chi connectivity index (χ1n) is 27.3. The van der Waals surface area contributed by atoms with E-state index in [-0.39, 0.29) is 75.6 Å². The van der Waals surface area contributed by atoms with Crippen LogP contribution in [0, 0.1) is 0 Å². The van der Waals surface area contributed by atoms with Gasteiger partial charge in [0.25, 0.3) is 17.6 Å². The van der Waals surface area contributed by atoms with E-state index in [9.17, 15) is 24.0 Å². The van der Waals surface area contributed by atoms with Crippen LogP contribution in [0.25, 0.3) is 54.8 Å². The van der Waals surface area contributed by atoms with Crippen LogP contribution in [0.2, 0.25) is 56.6 Å². The number of allylic oxidation sites excluding steroid dienone is 2. The minimum Gasteiger partial charge on any atom is -0.463 e. The topological polar surface area (TPSA) is 193 Å². The minimum atomic E-state index is -1.94. The summed E-state index contributed by atoms with van der Waals surface area (Å²) in [6.07, 6.45) is 15.0. The van der Waals surface area contributed by atoms with Crippen LogP contribution >= 0.6 is 46.4 Å². The SMILES string of the molecule is C.CC(C)(C)[Si](C)(C)OC1C=CC(n2cc(C3=C(c4c(Cl)[nH]c5cc(Cl)ccc45)C(=O)NC3=O)c3ccccc32)C1.CC(C)(C)[Si](C)(C)O[C@@H]1C=CC(n2cc(CC(N)=O)c3ccccc32)C1.COC(=O)C(=O)c1c(Cl)[nH]c2cc(Cl)ccc12. The average Bonchev–Trinajstić information content (AvgIpc) is 3.72. The second-order valence-electron chi connectivity index (χ2n) is 24.3. The molecule has 0 fully saturated rings. The molecule has 5 heterocycles. The zero-order chi connectivity index (χ0) is 60.2. The summed E-state index contributed by atoms with van der Waals surface area (Å²) < 4.78 is 22.1. The number of aromatic nitrogens is 4. The number of carbonyl (C=O) groups excluding carboxylic acids is 5. The summed E-state index contributed by atoms with van der Waals surface area (Å²) in [7, 11) is -2.59. The zero-order valence-corrected chi connectivity index (χ0v) is 53.3. The highest BCUT2D eigenvalue weighted by Crippen LogP contribution is 2.45. The van der Waals surface area contributed by atoms with Crippen molar-refractivity contribution in [3.8, 4) is 0 Å². The van der Waals surface area contributed by atoms with Crippen LogP contribution in [0.1, 0.15) is 101 Å². The summed E-state index contributed by atoms with van der Waals surface area (Å²) in [5.74, 6) is -2.95. The van der Waals surface area contributed by atoms with Crippen LogP contribution in [-0.2, 0) is 39.2 Å². The molecule has 20 heteroatoms. The van der Waals surface area contributed by atoms with Gasteiger partial charge in [-0.3, -0.25) is 24.5 Å². The standard InChI is InChI=1S/C31H31Cl2N3O3Si.C21H30N2O2Si.C11H7Cl2NO3.CH4/c1-31(2,3)40(4,5)39-19-12-11-18(15-19)36-16-22(20-8-6-7-9-24(20)36)26-27(30(38)35-29(26)37)25-21-13-10-17(32)14-23(21)34-28(25)33;1-21(2,3)26(4,5)25-17-11-10-16(13-17)23-14-15(12-20(22)24)18-8-6-7-9-19(18)23;1-17-11(16)9(15)8-6-3-2-5(12)4-7(6)14-10(8)13;/h6-14,16,18-19,34H,15H2,1-5H3,(H,35,37,38);6-11,14,16-17H,12-13H2,1-5H3,(H2,22,24);2-4,14H,1H3;1H4/t;16?,17-;;/m.1../s1. The predicted octanol–water partition coefficient (Wildman–Crippen LogP) is 15.9. The van der Waals surface area contributed by atoms with E-state index in [4.69, 9.17) is 61.0 Å². The minimum absolute atomic E-state index is 0. The number of para-hydroxylation sites is 2. The van der Waals surface area contributed by atoms with E-state index >= 15 is 0 Å². The molecular formula is C64H72Cl4N6O8Si2. The number of aromatic amines is 2. The van der Waals surface area contributed by atoms with Crippen molar-refractivity contribution in [3.05, 3.63) is 164 Å². The van der Waals surface area contributed by atoms with Crippen LogP contribution < -0.4 is 11.1 Å². The van der Waals surface area contributed by atoms with E-state index in [2.05, 4.69) is 140 Å². The van der Waals surface area contributed by atoms with Gasteiger partial charge in [0, 0.05) is 90.0 Å². The fraction of sp³-hybridized carbons (Fsp3) is 0.328. The summed E-state index contributed by atoms with van der Waals surface area (Å²) in [5.41, 5.74) is 11.7. The third-order valence-corrected chi connectivity index (χ3v) is 26.7. The molecule has 2 aliphatic carbocycles. The normalized spacial score (nSPS) is 18.1. The molecule has 3 unspecified atom stereocenters. The molecule has 8 aromatic rings. The number of hydrogen-bond acceptors (Lipinski definition) is 8. The number of esters is 1. The fourth-order valence-electron chi connectivity index (χ4n) is 10.4. The van der Waals surface area contributed by atoms with E-state index in [1.165, 1.54) is 0 Å². The number of nitrogens with zero attached hydrogens (tertiary/aromatic N) is 2. The quantitative estimate of drug-likeness (QED) is 0.0232. The van der Waals surface area contributed by atoms with Gasteiger partial charge >= 0.3 is 5.97 Å². The van der Waals surface area contributed by atoms with Gasteiger partial charge in [-0.1, -0.05) is 168 Å². The third kappa shape index (κ3) is 12.7. The van der Waals surface area contributed by atoms with Crippen molar-refractivity contribution in [1.82, 2.24) is 24.4 Å². The second kappa shape index (κ2) is 24.5. The number of carbonyl (C=O) groups is 5. The van der Waals surface area contributed by atoms with Gasteiger partial charge in [-0.25, -0.2) is 4.79 Å². The summed E-state index contributed by atoms with van der Waals surface area (Å²) in [6, 6.07) is 26.6. The molecule has 4 aromatic heterocycles. The Morgan fingerprint density at radius 1 is 0.631 bits per heavy atom. The first-order chi connectivity index (χ1) is 39.0. The van der Waals surface area contributed by atoms with Crippen LogP contribution in [0.3, 0.4) is 0 Å². The van der Waals surface area contributed by atoms with Crippen LogP contribution in [-0.4, -0.2) is 84.5 Å². The molecule has 0 bridgehead atoms. The van der Waals surface area contributed by atoms with Crippen molar-refractivity contribution in [1.29, 1.82) is 0 Å². The molecule has 4 aromatic carbocycles. The van der Waals surface area contributed by atoms with Crippen LogP contribution in [0.4, 0.5) is 0 Å². The van der Waals surface area contributed by atoms with Crippen molar-refractivity contribution in [3.63, 3.8) is 0 Å². The fourth-order valence-corrected chi connectivity index (χ4v) is 13.9. The van der Waals surface area contributed by atoms with Gasteiger partial charge in [0.2, 0.25) is 5.91 Å². The number of nitrogens with one attached hydrogen (secondary N) is 3. The molecule has 0 spiro atoms. The largest absolute Gasteiger partial charge is 0.463 e. The number of halogens is 4. The Kier molecular flexibility index (Phi) is 18.5. The number of amides is 3. The molecular weight excluding hydrogens is 1180 g/mol. The number of hydrogen-bond donors (Lipinski definition) is 4. The van der Waals surface area contributed by atoms with Crippen molar-refractivity contribution >= 4 is 147 Å². The van der Waals surface area contributed by atoms with Crippen molar-refractivity contribution in [2.75, 3.05) is 7.11 Å². The molecule has 3 amide bonds. The Morgan fingerprint density at radius 3 is 1.64 bits per heavy atom. The number of H-pyrrole nitrogens is 2. The lowest BCUT2D eigenvalue weighted by molar-refractivity contribution is -0.135. The van der Waals surface area contributed by atoms with Gasteiger partial charge in [0.05, 0.1) is 54.5 Å². The predicted molar refractivity (Wildman–Crippen MR) is 346 cm³/mol. The summed E-state index contributed by atoms with van der Waals surface area (Å²) in [6.45, 7) is 22.7. The number of nitrogens with two attached hydrogens (primary N) is 1.